The number of rotatable bonds is 9. The van der Waals surface area contributed by atoms with Gasteiger partial charge in [-0.1, -0.05) is 42.4 Å². The van der Waals surface area contributed by atoms with Crippen LogP contribution in [-0.2, 0) is 41.9 Å². The van der Waals surface area contributed by atoms with E-state index in [1.54, 1.807) is 0 Å². The Morgan fingerprint density at radius 2 is 2.10 bits per heavy atom. The number of amides is 1. The first-order valence-electron chi connectivity index (χ1n) is 10.5. The van der Waals surface area contributed by atoms with Crippen molar-refractivity contribution in [1.29, 1.82) is 0 Å². The van der Waals surface area contributed by atoms with Gasteiger partial charge in [0.2, 0.25) is 17.6 Å². The molecule has 1 aliphatic heterocycles. The highest BCUT2D eigenvalue weighted by molar-refractivity contribution is 5.76. The topological polar surface area (TPSA) is 95.1 Å². The van der Waals surface area contributed by atoms with E-state index in [4.69, 9.17) is 14.4 Å². The van der Waals surface area contributed by atoms with Gasteiger partial charge in [0.05, 0.1) is 18.9 Å². The number of carbonyl (C=O) groups is 1. The van der Waals surface area contributed by atoms with Crippen LogP contribution in [0.3, 0.4) is 0 Å². The number of ether oxygens (including phenoxy) is 1. The van der Waals surface area contributed by atoms with Gasteiger partial charge in [-0.15, -0.1) is 0 Å². The quantitative estimate of drug-likeness (QED) is 0.584. The van der Waals surface area contributed by atoms with E-state index in [1.807, 2.05) is 30.3 Å². The summed E-state index contributed by atoms with van der Waals surface area (Å²) in [6, 6.07) is 9.63. The number of carbonyl (C=O) groups excluding carboxylic acids is 1. The van der Waals surface area contributed by atoms with Crippen molar-refractivity contribution in [2.45, 2.75) is 52.2 Å². The second-order valence-electron chi connectivity index (χ2n) is 7.38. The van der Waals surface area contributed by atoms with Crippen LogP contribution in [0.25, 0.3) is 11.4 Å². The minimum atomic E-state index is -0.0347. The number of fused-ring (bicyclic) bond motifs is 1. The van der Waals surface area contributed by atoms with Gasteiger partial charge in [0.15, 0.2) is 0 Å². The molecule has 3 heterocycles. The highest BCUT2D eigenvalue weighted by Crippen LogP contribution is 2.21. The van der Waals surface area contributed by atoms with Crippen LogP contribution in [0.1, 0.15) is 42.6 Å². The summed E-state index contributed by atoms with van der Waals surface area (Å²) in [5, 5.41) is 11.7. The second kappa shape index (κ2) is 9.67. The smallest absolute Gasteiger partial charge is 0.227 e. The van der Waals surface area contributed by atoms with Gasteiger partial charge in [0, 0.05) is 55.6 Å². The lowest BCUT2D eigenvalue weighted by molar-refractivity contribution is -0.121. The molecule has 0 radical (unpaired) electrons. The number of hydrogen-bond acceptors (Lipinski definition) is 6. The molecule has 8 heteroatoms. The van der Waals surface area contributed by atoms with E-state index in [-0.39, 0.29) is 5.91 Å². The second-order valence-corrected chi connectivity index (χ2v) is 7.38. The summed E-state index contributed by atoms with van der Waals surface area (Å²) >= 11 is 0. The maximum atomic E-state index is 12.2. The average molecular weight is 409 g/mol. The third-order valence-corrected chi connectivity index (χ3v) is 5.16. The third kappa shape index (κ3) is 4.76. The zero-order valence-electron chi connectivity index (χ0n) is 17.3. The Morgan fingerprint density at radius 1 is 1.23 bits per heavy atom. The van der Waals surface area contributed by atoms with E-state index in [0.29, 0.717) is 44.1 Å². The minimum Gasteiger partial charge on any atom is -0.376 e. The molecule has 1 amide bonds. The van der Waals surface area contributed by atoms with E-state index in [0.717, 1.165) is 37.3 Å². The van der Waals surface area contributed by atoms with Crippen molar-refractivity contribution in [3.63, 3.8) is 0 Å². The lowest BCUT2D eigenvalue weighted by atomic mass is 10.1. The SMILES string of the molecule is CCCn1nc(CCNC(=O)CCc2nc(-c3ccccc3)no2)c2c1CCOC2. The Morgan fingerprint density at radius 3 is 2.93 bits per heavy atom. The molecule has 158 valence electrons. The van der Waals surface area contributed by atoms with Crippen LogP contribution in [-0.4, -0.2) is 39.0 Å². The molecule has 0 atom stereocenters. The Labute approximate surface area is 175 Å². The van der Waals surface area contributed by atoms with E-state index < -0.39 is 0 Å². The molecule has 0 unspecified atom stereocenters. The van der Waals surface area contributed by atoms with Crippen LogP contribution in [0, 0.1) is 0 Å². The van der Waals surface area contributed by atoms with Crippen molar-refractivity contribution in [3.8, 4) is 11.4 Å². The van der Waals surface area contributed by atoms with Crippen LogP contribution in [0.5, 0.6) is 0 Å². The third-order valence-electron chi connectivity index (χ3n) is 5.16. The fourth-order valence-corrected chi connectivity index (χ4v) is 3.67. The van der Waals surface area contributed by atoms with Crippen LogP contribution >= 0.6 is 0 Å². The van der Waals surface area contributed by atoms with Gasteiger partial charge in [-0.2, -0.15) is 10.1 Å². The number of aryl methyl sites for hydroxylation is 2. The predicted molar refractivity (Wildman–Crippen MR) is 111 cm³/mol. The van der Waals surface area contributed by atoms with Crippen LogP contribution in [0.2, 0.25) is 0 Å². The fourth-order valence-electron chi connectivity index (χ4n) is 3.67. The van der Waals surface area contributed by atoms with Crippen molar-refractivity contribution in [2.75, 3.05) is 13.2 Å². The van der Waals surface area contributed by atoms with Gasteiger partial charge in [0.1, 0.15) is 0 Å². The summed E-state index contributed by atoms with van der Waals surface area (Å²) in [6.07, 6.45) is 3.38. The molecule has 3 aromatic rings. The van der Waals surface area contributed by atoms with Crippen molar-refractivity contribution in [1.82, 2.24) is 25.2 Å². The molecule has 1 aliphatic rings. The number of hydrogen-bond donors (Lipinski definition) is 1. The largest absolute Gasteiger partial charge is 0.376 e. The molecule has 1 aromatic carbocycles. The maximum absolute atomic E-state index is 12.2. The van der Waals surface area contributed by atoms with E-state index in [2.05, 4.69) is 27.1 Å². The Kier molecular flexibility index (Phi) is 6.53. The monoisotopic (exact) mass is 409 g/mol. The predicted octanol–water partition coefficient (Wildman–Crippen LogP) is 2.71. The number of aromatic nitrogens is 4. The maximum Gasteiger partial charge on any atom is 0.227 e. The molecule has 0 saturated carbocycles. The minimum absolute atomic E-state index is 0.0347. The van der Waals surface area contributed by atoms with Crippen molar-refractivity contribution in [2.24, 2.45) is 0 Å². The molecule has 0 fully saturated rings. The van der Waals surface area contributed by atoms with Gasteiger partial charge >= 0.3 is 0 Å². The molecular weight excluding hydrogens is 382 g/mol. The molecule has 30 heavy (non-hydrogen) atoms. The summed E-state index contributed by atoms with van der Waals surface area (Å²) in [6.45, 7) is 4.99. The molecule has 4 rings (SSSR count). The summed E-state index contributed by atoms with van der Waals surface area (Å²) in [5.41, 5.74) is 4.41. The summed E-state index contributed by atoms with van der Waals surface area (Å²) < 4.78 is 13.0. The molecule has 0 saturated heterocycles. The Hall–Kier alpha value is -3.00. The summed E-state index contributed by atoms with van der Waals surface area (Å²) in [5.74, 6) is 0.974. The van der Waals surface area contributed by atoms with Gasteiger partial charge < -0.3 is 14.6 Å². The van der Waals surface area contributed by atoms with Gasteiger partial charge in [-0.3, -0.25) is 9.48 Å². The van der Waals surface area contributed by atoms with Crippen molar-refractivity contribution in [3.05, 3.63) is 53.2 Å². The zero-order valence-corrected chi connectivity index (χ0v) is 17.3. The highest BCUT2D eigenvalue weighted by atomic mass is 16.5. The Bertz CT molecular complexity index is 980. The lowest BCUT2D eigenvalue weighted by Gasteiger charge is -2.14. The van der Waals surface area contributed by atoms with E-state index in [1.165, 1.54) is 11.3 Å². The van der Waals surface area contributed by atoms with Crippen LogP contribution in [0.15, 0.2) is 34.9 Å². The van der Waals surface area contributed by atoms with Crippen molar-refractivity contribution >= 4 is 5.91 Å². The summed E-state index contributed by atoms with van der Waals surface area (Å²) in [4.78, 5) is 16.6. The fraction of sp³-hybridized carbons (Fsp3) is 0.455. The standard InChI is InChI=1S/C22H27N5O3/c1-2-13-27-19-11-14-29-15-17(19)18(25-27)10-12-23-20(28)8-9-21-24-22(26-30-21)16-6-4-3-5-7-16/h3-7H,2,8-15H2,1H3,(H,23,28). The van der Waals surface area contributed by atoms with Crippen molar-refractivity contribution < 1.29 is 14.1 Å². The van der Waals surface area contributed by atoms with Gasteiger partial charge in [-0.25, -0.2) is 0 Å². The number of nitrogens with one attached hydrogen (secondary N) is 1. The van der Waals surface area contributed by atoms with Gasteiger partial charge in [-0.05, 0) is 6.42 Å². The highest BCUT2D eigenvalue weighted by Gasteiger charge is 2.20. The Balaban J connectivity index is 1.25. The molecule has 8 nitrogen and oxygen atoms in total. The van der Waals surface area contributed by atoms with Crippen LogP contribution in [0.4, 0.5) is 0 Å². The molecule has 2 aromatic heterocycles. The molecule has 0 aliphatic carbocycles. The summed E-state index contributed by atoms with van der Waals surface area (Å²) in [7, 11) is 0. The number of nitrogens with zero attached hydrogens (tertiary/aromatic N) is 4. The molecule has 1 N–H and O–H groups in total. The zero-order chi connectivity index (χ0) is 20.8. The van der Waals surface area contributed by atoms with E-state index in [9.17, 15) is 4.79 Å². The molecular formula is C22H27N5O3. The first-order chi connectivity index (χ1) is 14.7. The first-order valence-corrected chi connectivity index (χ1v) is 10.5. The number of benzene rings is 1. The van der Waals surface area contributed by atoms with Gasteiger partial charge in [0.25, 0.3) is 0 Å². The first kappa shape index (κ1) is 20.3. The van der Waals surface area contributed by atoms with Crippen LogP contribution < -0.4 is 5.32 Å². The normalized spacial score (nSPS) is 13.2. The average Bonchev–Trinajstić information content (AvgIpc) is 3.39. The lowest BCUT2D eigenvalue weighted by Crippen LogP contribution is -2.26. The molecule has 0 bridgehead atoms. The van der Waals surface area contributed by atoms with E-state index >= 15 is 0 Å². The molecule has 0 spiro atoms.